The third-order valence-corrected chi connectivity index (χ3v) is 3.11. The van der Waals surface area contributed by atoms with E-state index in [4.69, 9.17) is 10.5 Å². The number of carbonyl (C=O) groups is 2. The second-order valence-corrected chi connectivity index (χ2v) is 5.01. The van der Waals surface area contributed by atoms with Crippen molar-refractivity contribution >= 4 is 27.9 Å². The second-order valence-electron chi connectivity index (χ2n) is 4.16. The lowest BCUT2D eigenvalue weighted by Gasteiger charge is -2.15. The summed E-state index contributed by atoms with van der Waals surface area (Å²) < 4.78 is 6.22. The van der Waals surface area contributed by atoms with E-state index in [0.717, 1.165) is 23.1 Å². The molecule has 1 rings (SSSR count). The van der Waals surface area contributed by atoms with E-state index < -0.39 is 18.0 Å². The van der Waals surface area contributed by atoms with Crippen LogP contribution in [-0.4, -0.2) is 24.6 Å². The molecule has 6 nitrogen and oxygen atoms in total. The lowest BCUT2D eigenvalue weighted by atomic mass is 10.2. The van der Waals surface area contributed by atoms with Gasteiger partial charge in [-0.2, -0.15) is 0 Å². The van der Waals surface area contributed by atoms with Crippen LogP contribution in [0.25, 0.3) is 0 Å². The van der Waals surface area contributed by atoms with Gasteiger partial charge in [-0.25, -0.2) is 4.79 Å². The summed E-state index contributed by atoms with van der Waals surface area (Å²) in [5, 5.41) is 5.19. The Morgan fingerprint density at radius 2 is 2.15 bits per heavy atom. The van der Waals surface area contributed by atoms with Gasteiger partial charge in [-0.1, -0.05) is 13.0 Å². The van der Waals surface area contributed by atoms with Crippen LogP contribution in [0.5, 0.6) is 5.75 Å². The summed E-state index contributed by atoms with van der Waals surface area (Å²) in [6.45, 7) is 5.22. The largest absolute Gasteiger partial charge is 0.480 e. The van der Waals surface area contributed by atoms with E-state index >= 15 is 0 Å². The Bertz CT molecular complexity index is 494. The predicted octanol–water partition coefficient (Wildman–Crippen LogP) is 1.52. The molecular formula is C13H18BrN3O3. The number of hydrogen-bond acceptors (Lipinski definition) is 4. The van der Waals surface area contributed by atoms with E-state index in [0.29, 0.717) is 5.75 Å². The molecule has 1 aromatic rings. The molecule has 110 valence electrons. The van der Waals surface area contributed by atoms with Crippen LogP contribution in [0.15, 0.2) is 22.7 Å². The van der Waals surface area contributed by atoms with Crippen LogP contribution in [0.1, 0.15) is 19.4 Å². The molecule has 1 unspecified atom stereocenters. The maximum atomic E-state index is 11.5. The zero-order valence-corrected chi connectivity index (χ0v) is 13.0. The lowest BCUT2D eigenvalue weighted by molar-refractivity contribution is -0.126. The molecule has 1 atom stereocenters. The zero-order chi connectivity index (χ0) is 15.1. The molecule has 0 fully saturated rings. The topological polar surface area (TPSA) is 93.4 Å². The van der Waals surface area contributed by atoms with E-state index in [1.54, 1.807) is 6.07 Å². The molecule has 4 N–H and O–H groups in total. The molecule has 20 heavy (non-hydrogen) atoms. The van der Waals surface area contributed by atoms with Crippen LogP contribution >= 0.6 is 15.9 Å². The number of imide groups is 1. The maximum absolute atomic E-state index is 11.5. The number of primary amides is 1. The molecule has 0 radical (unpaired) electrons. The summed E-state index contributed by atoms with van der Waals surface area (Å²) in [5.41, 5.74) is 5.98. The van der Waals surface area contributed by atoms with E-state index in [9.17, 15) is 9.59 Å². The summed E-state index contributed by atoms with van der Waals surface area (Å²) >= 11 is 3.39. The quantitative estimate of drug-likeness (QED) is 0.729. The Morgan fingerprint density at radius 3 is 2.70 bits per heavy atom. The second kappa shape index (κ2) is 7.86. The molecule has 7 heteroatoms. The monoisotopic (exact) mass is 343 g/mol. The number of rotatable bonds is 6. The number of amides is 3. The minimum Gasteiger partial charge on any atom is -0.480 e. The number of benzene rings is 1. The first kappa shape index (κ1) is 16.5. The van der Waals surface area contributed by atoms with E-state index in [1.165, 1.54) is 6.92 Å². The van der Waals surface area contributed by atoms with Gasteiger partial charge in [0.25, 0.3) is 5.91 Å². The highest BCUT2D eigenvalue weighted by Crippen LogP contribution is 2.27. The Labute approximate surface area is 126 Å². The highest BCUT2D eigenvalue weighted by atomic mass is 79.9. The van der Waals surface area contributed by atoms with Gasteiger partial charge in [0.1, 0.15) is 5.75 Å². The zero-order valence-electron chi connectivity index (χ0n) is 11.4. The maximum Gasteiger partial charge on any atom is 0.318 e. The van der Waals surface area contributed by atoms with Crippen molar-refractivity contribution < 1.29 is 14.3 Å². The van der Waals surface area contributed by atoms with Gasteiger partial charge in [-0.3, -0.25) is 10.1 Å². The number of halogens is 1. The molecule has 0 aliphatic carbocycles. The van der Waals surface area contributed by atoms with Crippen molar-refractivity contribution in [2.45, 2.75) is 26.5 Å². The van der Waals surface area contributed by atoms with Gasteiger partial charge in [0, 0.05) is 6.54 Å². The van der Waals surface area contributed by atoms with Crippen LogP contribution in [0, 0.1) is 0 Å². The standard InChI is InChI=1S/C13H18BrN3O3/c1-3-16-7-9-4-5-11(10(14)6-9)20-8(2)12(18)17-13(15)19/h4-6,8,16H,3,7H2,1-2H3,(H3,15,17,18,19). The fourth-order valence-corrected chi connectivity index (χ4v) is 2.01. The highest BCUT2D eigenvalue weighted by molar-refractivity contribution is 9.10. The number of ether oxygens (including phenoxy) is 1. The smallest absolute Gasteiger partial charge is 0.318 e. The summed E-state index contributed by atoms with van der Waals surface area (Å²) in [5.74, 6) is -0.0569. The molecule has 0 saturated heterocycles. The number of urea groups is 1. The SMILES string of the molecule is CCNCc1ccc(OC(C)C(=O)NC(N)=O)c(Br)c1. The van der Waals surface area contributed by atoms with Crippen LogP contribution in [0.3, 0.4) is 0 Å². The average molecular weight is 344 g/mol. The normalized spacial score (nSPS) is 11.8. The third-order valence-electron chi connectivity index (χ3n) is 2.49. The molecule has 0 saturated carbocycles. The summed E-state index contributed by atoms with van der Waals surface area (Å²) in [6.07, 6.45) is -0.821. The van der Waals surface area contributed by atoms with E-state index in [1.807, 2.05) is 24.4 Å². The van der Waals surface area contributed by atoms with Crippen molar-refractivity contribution in [3.63, 3.8) is 0 Å². The van der Waals surface area contributed by atoms with Crippen molar-refractivity contribution in [3.05, 3.63) is 28.2 Å². The molecule has 1 aromatic carbocycles. The first-order valence-corrected chi connectivity index (χ1v) is 6.99. The molecule has 0 spiro atoms. The molecule has 0 aromatic heterocycles. The van der Waals surface area contributed by atoms with E-state index in [-0.39, 0.29) is 0 Å². The Morgan fingerprint density at radius 1 is 1.45 bits per heavy atom. The van der Waals surface area contributed by atoms with Crippen LogP contribution in [-0.2, 0) is 11.3 Å². The molecule has 0 aliphatic heterocycles. The molecule has 0 heterocycles. The Kier molecular flexibility index (Phi) is 6.47. The van der Waals surface area contributed by atoms with Gasteiger partial charge in [0.15, 0.2) is 6.10 Å². The Balaban J connectivity index is 2.68. The van der Waals surface area contributed by atoms with Crippen molar-refractivity contribution in [1.29, 1.82) is 0 Å². The summed E-state index contributed by atoms with van der Waals surface area (Å²) in [7, 11) is 0. The fourth-order valence-electron chi connectivity index (χ4n) is 1.49. The fraction of sp³-hybridized carbons (Fsp3) is 0.385. The van der Waals surface area contributed by atoms with Crippen LogP contribution < -0.4 is 21.1 Å². The number of nitrogens with one attached hydrogen (secondary N) is 2. The first-order chi connectivity index (χ1) is 9.43. The number of nitrogens with two attached hydrogens (primary N) is 1. The van der Waals surface area contributed by atoms with Crippen LogP contribution in [0.4, 0.5) is 4.79 Å². The number of hydrogen-bond donors (Lipinski definition) is 3. The van der Waals surface area contributed by atoms with Gasteiger partial charge < -0.3 is 15.8 Å². The van der Waals surface area contributed by atoms with Gasteiger partial charge in [0.2, 0.25) is 0 Å². The molecular weight excluding hydrogens is 326 g/mol. The summed E-state index contributed by atoms with van der Waals surface area (Å²) in [4.78, 5) is 22.1. The minimum absolute atomic E-state index is 0.525. The van der Waals surface area contributed by atoms with Gasteiger partial charge in [-0.05, 0) is 47.1 Å². The first-order valence-electron chi connectivity index (χ1n) is 6.20. The van der Waals surface area contributed by atoms with Crippen molar-refractivity contribution in [2.24, 2.45) is 5.73 Å². The third kappa shape index (κ3) is 5.18. The average Bonchev–Trinajstić information content (AvgIpc) is 2.38. The summed E-state index contributed by atoms with van der Waals surface area (Å²) in [6, 6.07) is 4.69. The number of carbonyl (C=O) groups excluding carboxylic acids is 2. The van der Waals surface area contributed by atoms with Crippen molar-refractivity contribution in [1.82, 2.24) is 10.6 Å². The van der Waals surface area contributed by atoms with Crippen molar-refractivity contribution in [2.75, 3.05) is 6.54 Å². The Hall–Kier alpha value is -1.60. The van der Waals surface area contributed by atoms with Gasteiger partial charge in [-0.15, -0.1) is 0 Å². The highest BCUT2D eigenvalue weighted by Gasteiger charge is 2.17. The minimum atomic E-state index is -0.898. The molecule has 0 aliphatic rings. The van der Waals surface area contributed by atoms with Gasteiger partial charge in [0.05, 0.1) is 4.47 Å². The van der Waals surface area contributed by atoms with E-state index in [2.05, 4.69) is 21.2 Å². The molecule has 0 bridgehead atoms. The molecule has 3 amide bonds. The van der Waals surface area contributed by atoms with Crippen molar-refractivity contribution in [3.8, 4) is 5.75 Å². The lowest BCUT2D eigenvalue weighted by Crippen LogP contribution is -2.42. The van der Waals surface area contributed by atoms with Crippen LogP contribution in [0.2, 0.25) is 0 Å². The predicted molar refractivity (Wildman–Crippen MR) is 79.3 cm³/mol. The van der Waals surface area contributed by atoms with Gasteiger partial charge >= 0.3 is 6.03 Å².